The van der Waals surface area contributed by atoms with Crippen LogP contribution in [0, 0.1) is 6.92 Å². The van der Waals surface area contributed by atoms with E-state index in [9.17, 15) is 4.79 Å². The third-order valence-corrected chi connectivity index (χ3v) is 6.03. The minimum absolute atomic E-state index is 0.0716. The molecular weight excluding hydrogens is 448 g/mol. The first kappa shape index (κ1) is 21.9. The highest BCUT2D eigenvalue weighted by Gasteiger charge is 2.31. The fourth-order valence-corrected chi connectivity index (χ4v) is 4.11. The minimum Gasteiger partial charge on any atom is -0.350 e. The zero-order valence-electron chi connectivity index (χ0n) is 18.6. The third-order valence-electron chi connectivity index (χ3n) is 5.78. The summed E-state index contributed by atoms with van der Waals surface area (Å²) in [6, 6.07) is 25.5. The number of rotatable bonds is 6. The molecule has 1 aromatic heterocycles. The number of aromatic nitrogens is 4. The smallest absolute Gasteiger partial charge is 0.251 e. The van der Waals surface area contributed by atoms with Crippen LogP contribution >= 0.6 is 11.6 Å². The van der Waals surface area contributed by atoms with Gasteiger partial charge in [0.15, 0.2) is 0 Å². The molecule has 3 aromatic carbocycles. The molecular formula is C26H23ClN6O. The number of allylic oxidation sites excluding steroid dienone is 1. The first-order valence-corrected chi connectivity index (χ1v) is 11.4. The van der Waals surface area contributed by atoms with E-state index in [1.54, 1.807) is 4.68 Å². The fourth-order valence-electron chi connectivity index (χ4n) is 3.99. The summed E-state index contributed by atoms with van der Waals surface area (Å²) in [4.78, 5) is 14.8. The van der Waals surface area contributed by atoms with E-state index in [2.05, 4.69) is 26.9 Å². The number of amides is 1. The summed E-state index contributed by atoms with van der Waals surface area (Å²) in [7, 11) is 0. The molecule has 1 atom stereocenters. The second-order valence-corrected chi connectivity index (χ2v) is 8.62. The molecule has 1 unspecified atom stereocenters. The summed E-state index contributed by atoms with van der Waals surface area (Å²) in [5, 5.41) is 16.1. The van der Waals surface area contributed by atoms with Crippen molar-refractivity contribution in [3.63, 3.8) is 0 Å². The van der Waals surface area contributed by atoms with Gasteiger partial charge in [-0.15, -0.1) is 0 Å². The summed E-state index contributed by atoms with van der Waals surface area (Å²) in [6.07, 6.45) is 2.08. The zero-order chi connectivity index (χ0) is 23.5. The molecule has 0 saturated carbocycles. The van der Waals surface area contributed by atoms with Gasteiger partial charge in [0.25, 0.3) is 5.95 Å². The molecule has 4 aromatic rings. The van der Waals surface area contributed by atoms with Crippen molar-refractivity contribution in [1.29, 1.82) is 0 Å². The van der Waals surface area contributed by atoms with E-state index in [0.29, 0.717) is 17.5 Å². The Morgan fingerprint density at radius 2 is 1.74 bits per heavy atom. The van der Waals surface area contributed by atoms with Crippen LogP contribution in [0.25, 0.3) is 5.70 Å². The second-order valence-electron chi connectivity index (χ2n) is 8.19. The van der Waals surface area contributed by atoms with E-state index >= 15 is 0 Å². The molecule has 0 bridgehead atoms. The molecule has 170 valence electrons. The molecule has 1 amide bonds. The summed E-state index contributed by atoms with van der Waals surface area (Å²) >= 11 is 6.14. The van der Waals surface area contributed by atoms with Crippen LogP contribution in [-0.4, -0.2) is 32.7 Å². The lowest BCUT2D eigenvalue weighted by Gasteiger charge is -2.32. The molecule has 34 heavy (non-hydrogen) atoms. The molecule has 0 aliphatic carbocycles. The van der Waals surface area contributed by atoms with E-state index in [1.807, 2.05) is 90.7 Å². The maximum atomic E-state index is 13.0. The quantitative estimate of drug-likeness (QED) is 0.452. The Bertz CT molecular complexity index is 1320. The lowest BCUT2D eigenvalue weighted by atomic mass is 10.0. The number of hydrogen-bond acceptors (Lipinski definition) is 5. The van der Waals surface area contributed by atoms with E-state index in [0.717, 1.165) is 22.4 Å². The Balaban J connectivity index is 1.46. The van der Waals surface area contributed by atoms with Gasteiger partial charge in [0, 0.05) is 11.6 Å². The molecule has 1 aliphatic heterocycles. The molecule has 8 heteroatoms. The first-order valence-electron chi connectivity index (χ1n) is 11.0. The predicted octanol–water partition coefficient (Wildman–Crippen LogP) is 4.40. The Kier molecular flexibility index (Phi) is 6.10. The first-order chi connectivity index (χ1) is 16.6. The number of nitrogens with zero attached hydrogens (tertiary/aromatic N) is 5. The number of tetrazole rings is 1. The van der Waals surface area contributed by atoms with Crippen molar-refractivity contribution in [2.45, 2.75) is 19.5 Å². The molecule has 1 N–H and O–H groups in total. The Morgan fingerprint density at radius 1 is 1.00 bits per heavy atom. The van der Waals surface area contributed by atoms with Gasteiger partial charge in [-0.05, 0) is 52.2 Å². The van der Waals surface area contributed by atoms with Crippen LogP contribution in [0.4, 0.5) is 5.95 Å². The summed E-state index contributed by atoms with van der Waals surface area (Å²) in [6.45, 7) is 2.56. The van der Waals surface area contributed by atoms with Crippen molar-refractivity contribution in [2.24, 2.45) is 0 Å². The van der Waals surface area contributed by atoms with Crippen LogP contribution in [-0.2, 0) is 11.3 Å². The van der Waals surface area contributed by atoms with Gasteiger partial charge in [0.2, 0.25) is 5.91 Å². The fraction of sp³-hybridized carbons (Fsp3) is 0.154. The SMILES string of the molecule is Cc1ccc(CNC(=O)CN2C(c3ccc(Cl)cc3)=CC(c3ccccc3)n3nnnc32)cc1. The van der Waals surface area contributed by atoms with Gasteiger partial charge in [-0.1, -0.05) is 89.0 Å². The molecule has 1 aliphatic rings. The number of carbonyl (C=O) groups is 1. The summed E-state index contributed by atoms with van der Waals surface area (Å²) in [5.74, 6) is 0.375. The zero-order valence-corrected chi connectivity index (χ0v) is 19.4. The van der Waals surface area contributed by atoms with Crippen molar-refractivity contribution in [3.05, 3.63) is 112 Å². The number of hydrogen-bond donors (Lipinski definition) is 1. The van der Waals surface area contributed by atoms with Gasteiger partial charge < -0.3 is 5.32 Å². The molecule has 7 nitrogen and oxygen atoms in total. The molecule has 0 saturated heterocycles. The van der Waals surface area contributed by atoms with E-state index < -0.39 is 0 Å². The van der Waals surface area contributed by atoms with E-state index in [1.165, 1.54) is 5.56 Å². The second kappa shape index (κ2) is 9.49. The van der Waals surface area contributed by atoms with Gasteiger partial charge in [-0.2, -0.15) is 4.68 Å². The molecule has 0 fully saturated rings. The van der Waals surface area contributed by atoms with Crippen molar-refractivity contribution in [1.82, 2.24) is 25.5 Å². The molecule has 5 rings (SSSR count). The number of halogens is 1. The van der Waals surface area contributed by atoms with Gasteiger partial charge in [0.05, 0.1) is 5.70 Å². The molecule has 0 radical (unpaired) electrons. The molecule has 2 heterocycles. The average molecular weight is 471 g/mol. The monoisotopic (exact) mass is 470 g/mol. The van der Waals surface area contributed by atoms with Gasteiger partial charge in [0.1, 0.15) is 12.6 Å². The maximum absolute atomic E-state index is 13.0. The van der Waals surface area contributed by atoms with Crippen LogP contribution in [0.5, 0.6) is 0 Å². The topological polar surface area (TPSA) is 75.9 Å². The van der Waals surface area contributed by atoms with Crippen LogP contribution in [0.3, 0.4) is 0 Å². The third kappa shape index (κ3) is 4.56. The number of benzene rings is 3. The van der Waals surface area contributed by atoms with E-state index in [4.69, 9.17) is 11.6 Å². The van der Waals surface area contributed by atoms with E-state index in [-0.39, 0.29) is 18.5 Å². The Morgan fingerprint density at radius 3 is 2.47 bits per heavy atom. The largest absolute Gasteiger partial charge is 0.350 e. The minimum atomic E-state index is -0.205. The number of anilines is 1. The van der Waals surface area contributed by atoms with Crippen LogP contribution in [0.15, 0.2) is 84.9 Å². The highest BCUT2D eigenvalue weighted by molar-refractivity contribution is 6.30. The van der Waals surface area contributed by atoms with Crippen LogP contribution < -0.4 is 10.2 Å². The Hall–Kier alpha value is -3.97. The average Bonchev–Trinajstić information content (AvgIpc) is 3.35. The van der Waals surface area contributed by atoms with Gasteiger partial charge in [-0.3, -0.25) is 9.69 Å². The van der Waals surface area contributed by atoms with Crippen molar-refractivity contribution in [3.8, 4) is 0 Å². The van der Waals surface area contributed by atoms with Gasteiger partial charge in [-0.25, -0.2) is 0 Å². The van der Waals surface area contributed by atoms with Crippen molar-refractivity contribution >= 4 is 29.2 Å². The number of aryl methyl sites for hydroxylation is 1. The number of nitrogens with one attached hydrogen (secondary N) is 1. The molecule has 0 spiro atoms. The number of carbonyl (C=O) groups excluding carboxylic acids is 1. The lowest BCUT2D eigenvalue weighted by molar-refractivity contribution is -0.119. The standard InChI is InChI=1S/C26H23ClN6O/c1-18-7-9-19(10-8-18)16-28-25(34)17-32-23(21-11-13-22(27)14-12-21)15-24(20-5-3-2-4-6-20)33-26(32)29-30-31-33/h2-15,24H,16-17H2,1H3,(H,28,34). The van der Waals surface area contributed by atoms with Crippen LogP contribution in [0.1, 0.15) is 28.3 Å². The number of fused-ring (bicyclic) bond motifs is 1. The van der Waals surface area contributed by atoms with Crippen molar-refractivity contribution in [2.75, 3.05) is 11.4 Å². The van der Waals surface area contributed by atoms with Crippen LogP contribution in [0.2, 0.25) is 5.02 Å². The van der Waals surface area contributed by atoms with Gasteiger partial charge >= 0.3 is 0 Å². The highest BCUT2D eigenvalue weighted by atomic mass is 35.5. The maximum Gasteiger partial charge on any atom is 0.251 e. The summed E-state index contributed by atoms with van der Waals surface area (Å²) < 4.78 is 1.74. The summed E-state index contributed by atoms with van der Waals surface area (Å²) in [5.41, 5.74) is 5.04. The Labute approximate surface area is 202 Å². The van der Waals surface area contributed by atoms with Crippen molar-refractivity contribution < 1.29 is 4.79 Å². The lowest BCUT2D eigenvalue weighted by Crippen LogP contribution is -2.39. The predicted molar refractivity (Wildman–Crippen MR) is 132 cm³/mol. The normalized spacial score (nSPS) is 14.9. The highest BCUT2D eigenvalue weighted by Crippen LogP contribution is 2.36.